The molecule has 5 rings (SSSR count). The molecular weight excluding hydrogens is 464 g/mol. The molecular formula is C29H32N6O2. The van der Waals surface area contributed by atoms with Crippen molar-refractivity contribution in [2.45, 2.75) is 19.9 Å². The van der Waals surface area contributed by atoms with Crippen LogP contribution >= 0.6 is 0 Å². The van der Waals surface area contributed by atoms with Crippen molar-refractivity contribution in [3.8, 4) is 34.2 Å². The Hall–Kier alpha value is -3.93. The average molecular weight is 497 g/mol. The number of pyridine rings is 1. The number of nitrogens with zero attached hydrogens (tertiary/aromatic N) is 5. The topological polar surface area (TPSA) is 87.6 Å². The molecule has 1 N–H and O–H groups in total. The second-order valence-electron chi connectivity index (χ2n) is 9.96. The highest BCUT2D eigenvalue weighted by Crippen LogP contribution is 2.37. The van der Waals surface area contributed by atoms with Crippen LogP contribution in [0.1, 0.15) is 17.5 Å². The Morgan fingerprint density at radius 1 is 1.14 bits per heavy atom. The maximum Gasteiger partial charge on any atom is 0.351 e. The molecule has 0 unspecified atom stereocenters. The molecule has 37 heavy (non-hydrogen) atoms. The summed E-state index contributed by atoms with van der Waals surface area (Å²) in [6.07, 6.45) is 1.06. The third kappa shape index (κ3) is 5.15. The Morgan fingerprint density at radius 2 is 1.86 bits per heavy atom. The molecule has 8 heteroatoms. The van der Waals surface area contributed by atoms with Crippen molar-refractivity contribution in [2.75, 3.05) is 40.3 Å². The third-order valence-corrected chi connectivity index (χ3v) is 6.86. The second-order valence-corrected chi connectivity index (χ2v) is 9.96. The van der Waals surface area contributed by atoms with Gasteiger partial charge in [0.25, 0.3) is 0 Å². The van der Waals surface area contributed by atoms with Gasteiger partial charge < -0.3 is 15.0 Å². The van der Waals surface area contributed by atoms with Gasteiger partial charge in [0.1, 0.15) is 0 Å². The second kappa shape index (κ2) is 10.6. The normalized spacial score (nSPS) is 15.4. The summed E-state index contributed by atoms with van der Waals surface area (Å²) in [6.45, 7) is 5.67. The highest BCUT2D eigenvalue weighted by Gasteiger charge is 2.23. The predicted octanol–water partition coefficient (Wildman–Crippen LogP) is 3.56. The van der Waals surface area contributed by atoms with E-state index < -0.39 is 0 Å². The SMILES string of the molecule is Cc1ccc(-c2c(-c3ccc(C#N)cc3)cc(OC[C@@H]3CCNC3)c3nn(CCN(C)C)c(=O)n23)cc1. The van der Waals surface area contributed by atoms with Crippen LogP contribution in [0.4, 0.5) is 0 Å². The lowest BCUT2D eigenvalue weighted by molar-refractivity contribution is 0.261. The minimum absolute atomic E-state index is 0.199. The van der Waals surface area contributed by atoms with Crippen molar-refractivity contribution in [2.24, 2.45) is 5.92 Å². The van der Waals surface area contributed by atoms with Gasteiger partial charge in [0.2, 0.25) is 5.65 Å². The van der Waals surface area contributed by atoms with Gasteiger partial charge in [-0.2, -0.15) is 5.26 Å². The first-order chi connectivity index (χ1) is 17.9. The van der Waals surface area contributed by atoms with Gasteiger partial charge in [-0.1, -0.05) is 42.0 Å². The maximum absolute atomic E-state index is 13.8. The lowest BCUT2D eigenvalue weighted by Crippen LogP contribution is -2.27. The van der Waals surface area contributed by atoms with E-state index in [-0.39, 0.29) is 5.69 Å². The number of nitrogens with one attached hydrogen (secondary N) is 1. The van der Waals surface area contributed by atoms with Gasteiger partial charge in [0, 0.05) is 24.6 Å². The Kier molecular flexibility index (Phi) is 7.08. The molecule has 1 fully saturated rings. The van der Waals surface area contributed by atoms with Crippen LogP contribution in [0.3, 0.4) is 0 Å². The molecule has 0 amide bonds. The van der Waals surface area contributed by atoms with E-state index in [1.54, 1.807) is 16.5 Å². The first-order valence-corrected chi connectivity index (χ1v) is 12.7. The zero-order valence-electron chi connectivity index (χ0n) is 21.6. The molecule has 3 heterocycles. The summed E-state index contributed by atoms with van der Waals surface area (Å²) in [5.41, 5.74) is 5.47. The maximum atomic E-state index is 13.8. The fourth-order valence-electron chi connectivity index (χ4n) is 4.70. The molecule has 1 atom stereocenters. The van der Waals surface area contributed by atoms with Crippen LogP contribution in [0.5, 0.6) is 5.75 Å². The van der Waals surface area contributed by atoms with Crippen LogP contribution in [0.25, 0.3) is 28.0 Å². The Labute approximate surface area is 216 Å². The molecule has 0 saturated carbocycles. The van der Waals surface area contributed by atoms with Crippen LogP contribution in [-0.2, 0) is 6.54 Å². The highest BCUT2D eigenvalue weighted by molar-refractivity contribution is 5.85. The summed E-state index contributed by atoms with van der Waals surface area (Å²) in [7, 11) is 3.96. The first-order valence-electron chi connectivity index (χ1n) is 12.7. The lowest BCUT2D eigenvalue weighted by Gasteiger charge is -2.17. The smallest absolute Gasteiger partial charge is 0.351 e. The van der Waals surface area contributed by atoms with Crippen LogP contribution in [0.2, 0.25) is 0 Å². The summed E-state index contributed by atoms with van der Waals surface area (Å²) in [6, 6.07) is 19.8. The summed E-state index contributed by atoms with van der Waals surface area (Å²) in [5.74, 6) is 1.00. The summed E-state index contributed by atoms with van der Waals surface area (Å²) in [4.78, 5) is 15.9. The number of hydrogen-bond acceptors (Lipinski definition) is 6. The van der Waals surface area contributed by atoms with Gasteiger partial charge in [-0.3, -0.25) is 0 Å². The monoisotopic (exact) mass is 496 g/mol. The molecule has 0 aliphatic carbocycles. The minimum Gasteiger partial charge on any atom is -0.489 e. The molecule has 1 aliphatic heterocycles. The van der Waals surface area contributed by atoms with Crippen molar-refractivity contribution < 1.29 is 4.74 Å². The fourth-order valence-corrected chi connectivity index (χ4v) is 4.70. The number of ether oxygens (including phenoxy) is 1. The standard InChI is InChI=1S/C29H32N6O2/c1-20-4-8-24(9-5-20)27-25(23-10-6-21(17-30)7-11-23)16-26(37-19-22-12-13-31-18-22)28-32-34(15-14-33(2)3)29(36)35(27)28/h4-11,16,22,31H,12-15,18-19H2,1-3H3/t22-/m1/s1. The molecule has 2 aromatic carbocycles. The molecule has 0 spiro atoms. The number of fused-ring (bicyclic) bond motifs is 1. The van der Waals surface area contributed by atoms with E-state index in [0.717, 1.165) is 47.5 Å². The van der Waals surface area contributed by atoms with Crippen LogP contribution < -0.4 is 15.7 Å². The van der Waals surface area contributed by atoms with Gasteiger partial charge in [-0.15, -0.1) is 5.10 Å². The van der Waals surface area contributed by atoms with E-state index in [9.17, 15) is 10.1 Å². The molecule has 0 radical (unpaired) electrons. The Bertz CT molecular complexity index is 1490. The molecule has 0 bridgehead atoms. The average Bonchev–Trinajstić information content (AvgIpc) is 3.54. The third-order valence-electron chi connectivity index (χ3n) is 6.86. The van der Waals surface area contributed by atoms with Gasteiger partial charge in [-0.05, 0) is 63.3 Å². The Balaban J connectivity index is 1.75. The summed E-state index contributed by atoms with van der Waals surface area (Å²) in [5, 5.41) is 17.4. The van der Waals surface area contributed by atoms with E-state index in [1.165, 1.54) is 4.68 Å². The first kappa shape index (κ1) is 24.8. The van der Waals surface area contributed by atoms with E-state index in [1.807, 2.05) is 68.4 Å². The van der Waals surface area contributed by atoms with Gasteiger partial charge in [-0.25, -0.2) is 13.9 Å². The molecule has 2 aromatic heterocycles. The number of rotatable bonds is 8. The zero-order chi connectivity index (χ0) is 25.9. The quantitative estimate of drug-likeness (QED) is 0.401. The highest BCUT2D eigenvalue weighted by atomic mass is 16.5. The van der Waals surface area contributed by atoms with Crippen molar-refractivity contribution in [3.05, 3.63) is 76.2 Å². The number of likely N-dealkylation sites (N-methyl/N-ethyl adjacent to an activating group) is 1. The number of aromatic nitrogens is 3. The molecule has 190 valence electrons. The van der Waals surface area contributed by atoms with E-state index in [0.29, 0.717) is 42.6 Å². The van der Waals surface area contributed by atoms with E-state index in [4.69, 9.17) is 9.84 Å². The summed E-state index contributed by atoms with van der Waals surface area (Å²) >= 11 is 0. The Morgan fingerprint density at radius 3 is 2.51 bits per heavy atom. The van der Waals surface area contributed by atoms with Crippen LogP contribution in [0, 0.1) is 24.2 Å². The van der Waals surface area contributed by atoms with Crippen molar-refractivity contribution >= 4 is 5.65 Å². The molecule has 4 aromatic rings. The van der Waals surface area contributed by atoms with Crippen LogP contribution in [-0.4, -0.2) is 59.4 Å². The van der Waals surface area contributed by atoms with Gasteiger partial charge in [0.05, 0.1) is 30.5 Å². The predicted molar refractivity (Wildman–Crippen MR) is 145 cm³/mol. The van der Waals surface area contributed by atoms with Crippen molar-refractivity contribution in [1.82, 2.24) is 24.4 Å². The van der Waals surface area contributed by atoms with Crippen molar-refractivity contribution in [1.29, 1.82) is 5.26 Å². The number of benzene rings is 2. The number of nitriles is 1. The number of aryl methyl sites for hydroxylation is 1. The fraction of sp³-hybridized carbons (Fsp3) is 0.345. The largest absolute Gasteiger partial charge is 0.489 e. The van der Waals surface area contributed by atoms with Crippen molar-refractivity contribution in [3.63, 3.8) is 0 Å². The van der Waals surface area contributed by atoms with E-state index in [2.05, 4.69) is 11.4 Å². The molecule has 1 aliphatic rings. The summed E-state index contributed by atoms with van der Waals surface area (Å²) < 4.78 is 9.59. The molecule has 8 nitrogen and oxygen atoms in total. The zero-order valence-corrected chi connectivity index (χ0v) is 21.6. The number of hydrogen-bond donors (Lipinski definition) is 1. The van der Waals surface area contributed by atoms with Gasteiger partial charge in [0.15, 0.2) is 5.75 Å². The van der Waals surface area contributed by atoms with E-state index >= 15 is 0 Å². The van der Waals surface area contributed by atoms with Crippen LogP contribution in [0.15, 0.2) is 59.4 Å². The van der Waals surface area contributed by atoms with Gasteiger partial charge >= 0.3 is 5.69 Å². The minimum atomic E-state index is -0.199. The molecule has 1 saturated heterocycles. The lowest BCUT2D eigenvalue weighted by atomic mass is 9.97.